The molecule has 0 spiro atoms. The number of carboxylic acid groups (broad SMARTS) is 1. The van der Waals surface area contributed by atoms with Crippen LogP contribution in [0, 0.1) is 6.92 Å². The zero-order chi connectivity index (χ0) is 12.1. The first-order chi connectivity index (χ1) is 7.54. The van der Waals surface area contributed by atoms with E-state index in [1.807, 2.05) is 50.1 Å². The van der Waals surface area contributed by atoms with Gasteiger partial charge in [0.05, 0.1) is 0 Å². The average molecular weight is 221 g/mol. The molecule has 3 nitrogen and oxygen atoms in total. The molecule has 0 saturated heterocycles. The monoisotopic (exact) mass is 221 g/mol. The highest BCUT2D eigenvalue weighted by Gasteiger charge is 2.21. The van der Waals surface area contributed by atoms with Crippen LogP contribution < -0.4 is 0 Å². The number of hydrogen-bond acceptors (Lipinski definition) is 2. The second-order valence-electron chi connectivity index (χ2n) is 4.12. The van der Waals surface area contributed by atoms with Crippen LogP contribution in [0.2, 0.25) is 0 Å². The van der Waals surface area contributed by atoms with Gasteiger partial charge in [-0.3, -0.25) is 9.69 Å². The molecular weight excluding hydrogens is 202 g/mol. The van der Waals surface area contributed by atoms with Crippen LogP contribution in [0.15, 0.2) is 24.3 Å². The molecule has 1 rings (SSSR count). The number of rotatable bonds is 5. The summed E-state index contributed by atoms with van der Waals surface area (Å²) in [5, 5.41) is 9.15. The Hall–Kier alpha value is -1.35. The molecule has 0 saturated carbocycles. The minimum Gasteiger partial charge on any atom is -0.480 e. The molecule has 3 heteroatoms. The summed E-state index contributed by atoms with van der Waals surface area (Å²) in [4.78, 5) is 13.0. The Kier molecular flexibility index (Phi) is 4.50. The van der Waals surface area contributed by atoms with Crippen LogP contribution in [0.1, 0.15) is 18.1 Å². The minimum absolute atomic E-state index is 0.437. The maximum Gasteiger partial charge on any atom is 0.321 e. The summed E-state index contributed by atoms with van der Waals surface area (Å²) in [7, 11) is 1.84. The zero-order valence-electron chi connectivity index (χ0n) is 10.1. The van der Waals surface area contributed by atoms with Crippen LogP contribution >= 0.6 is 0 Å². The average Bonchev–Trinajstić information content (AvgIpc) is 2.27. The van der Waals surface area contributed by atoms with Crippen molar-refractivity contribution in [3.8, 4) is 0 Å². The Morgan fingerprint density at radius 2 is 1.94 bits per heavy atom. The fraction of sp³-hybridized carbons (Fsp3) is 0.462. The molecule has 0 bridgehead atoms. The van der Waals surface area contributed by atoms with E-state index in [1.54, 1.807) is 0 Å². The fourth-order valence-electron chi connectivity index (χ4n) is 1.60. The van der Waals surface area contributed by atoms with Crippen molar-refractivity contribution in [2.24, 2.45) is 0 Å². The molecule has 0 heterocycles. The number of benzene rings is 1. The SMILES string of the molecule is CCN(C)C(Cc1ccc(C)cc1)C(=O)O. The van der Waals surface area contributed by atoms with Crippen LogP contribution in [-0.4, -0.2) is 35.6 Å². The Morgan fingerprint density at radius 3 is 2.38 bits per heavy atom. The largest absolute Gasteiger partial charge is 0.480 e. The van der Waals surface area contributed by atoms with Crippen LogP contribution in [0.3, 0.4) is 0 Å². The van der Waals surface area contributed by atoms with Gasteiger partial charge in [0, 0.05) is 0 Å². The summed E-state index contributed by atoms with van der Waals surface area (Å²) >= 11 is 0. The summed E-state index contributed by atoms with van der Waals surface area (Å²) in [5.41, 5.74) is 2.26. The van der Waals surface area contributed by atoms with E-state index in [1.165, 1.54) is 5.56 Å². The van der Waals surface area contributed by atoms with Gasteiger partial charge in [-0.1, -0.05) is 36.8 Å². The van der Waals surface area contributed by atoms with Gasteiger partial charge in [-0.05, 0) is 32.5 Å². The van der Waals surface area contributed by atoms with Gasteiger partial charge in [0.2, 0.25) is 0 Å². The van der Waals surface area contributed by atoms with Crippen molar-refractivity contribution in [1.29, 1.82) is 0 Å². The van der Waals surface area contributed by atoms with Gasteiger partial charge in [0.1, 0.15) is 6.04 Å². The Labute approximate surface area is 96.7 Å². The van der Waals surface area contributed by atoms with Gasteiger partial charge in [0.15, 0.2) is 0 Å². The molecule has 1 aromatic rings. The molecule has 16 heavy (non-hydrogen) atoms. The first-order valence-electron chi connectivity index (χ1n) is 5.53. The third kappa shape index (κ3) is 3.35. The number of carbonyl (C=O) groups is 1. The van der Waals surface area contributed by atoms with Crippen molar-refractivity contribution in [3.05, 3.63) is 35.4 Å². The van der Waals surface area contributed by atoms with Crippen LogP contribution in [0.4, 0.5) is 0 Å². The van der Waals surface area contributed by atoms with E-state index < -0.39 is 12.0 Å². The molecule has 1 N–H and O–H groups in total. The van der Waals surface area contributed by atoms with Crippen LogP contribution in [-0.2, 0) is 11.2 Å². The van der Waals surface area contributed by atoms with Crippen LogP contribution in [0.5, 0.6) is 0 Å². The van der Waals surface area contributed by atoms with Crippen molar-refractivity contribution >= 4 is 5.97 Å². The predicted octanol–water partition coefficient (Wildman–Crippen LogP) is 1.94. The summed E-state index contributed by atoms with van der Waals surface area (Å²) in [6.07, 6.45) is 0.556. The van der Waals surface area contributed by atoms with E-state index in [-0.39, 0.29) is 0 Å². The first-order valence-corrected chi connectivity index (χ1v) is 5.53. The third-order valence-electron chi connectivity index (χ3n) is 2.87. The van der Waals surface area contributed by atoms with Crippen molar-refractivity contribution in [1.82, 2.24) is 4.90 Å². The lowest BCUT2D eigenvalue weighted by atomic mass is 10.0. The Balaban J connectivity index is 2.75. The van der Waals surface area contributed by atoms with Crippen molar-refractivity contribution < 1.29 is 9.90 Å². The van der Waals surface area contributed by atoms with Gasteiger partial charge in [0.25, 0.3) is 0 Å². The van der Waals surface area contributed by atoms with E-state index >= 15 is 0 Å². The molecule has 88 valence electrons. The lowest BCUT2D eigenvalue weighted by molar-refractivity contribution is -0.142. The highest BCUT2D eigenvalue weighted by molar-refractivity contribution is 5.73. The van der Waals surface area contributed by atoms with E-state index in [9.17, 15) is 4.79 Å². The molecule has 0 radical (unpaired) electrons. The van der Waals surface area contributed by atoms with Crippen molar-refractivity contribution in [3.63, 3.8) is 0 Å². The number of aryl methyl sites for hydroxylation is 1. The van der Waals surface area contributed by atoms with Gasteiger partial charge < -0.3 is 5.11 Å². The van der Waals surface area contributed by atoms with Crippen molar-refractivity contribution in [2.45, 2.75) is 26.3 Å². The van der Waals surface area contributed by atoms with Gasteiger partial charge >= 0.3 is 5.97 Å². The van der Waals surface area contributed by atoms with Crippen LogP contribution in [0.25, 0.3) is 0 Å². The number of nitrogens with zero attached hydrogens (tertiary/aromatic N) is 1. The highest BCUT2D eigenvalue weighted by atomic mass is 16.4. The fourth-order valence-corrected chi connectivity index (χ4v) is 1.60. The van der Waals surface area contributed by atoms with Gasteiger partial charge in [-0.15, -0.1) is 0 Å². The normalized spacial score (nSPS) is 12.8. The van der Waals surface area contributed by atoms with Gasteiger partial charge in [-0.2, -0.15) is 0 Å². The van der Waals surface area contributed by atoms with E-state index in [2.05, 4.69) is 0 Å². The Bertz CT molecular complexity index is 345. The standard InChI is InChI=1S/C13H19NO2/c1-4-14(3)12(13(15)16)9-11-7-5-10(2)6-8-11/h5-8,12H,4,9H2,1-3H3,(H,15,16). The first kappa shape index (κ1) is 12.7. The molecule has 1 atom stereocenters. The maximum atomic E-state index is 11.1. The lowest BCUT2D eigenvalue weighted by Crippen LogP contribution is -2.39. The lowest BCUT2D eigenvalue weighted by Gasteiger charge is -2.23. The quantitative estimate of drug-likeness (QED) is 0.826. The second-order valence-corrected chi connectivity index (χ2v) is 4.12. The molecule has 0 fully saturated rings. The highest BCUT2D eigenvalue weighted by Crippen LogP contribution is 2.09. The van der Waals surface area contributed by atoms with E-state index in [4.69, 9.17) is 5.11 Å². The smallest absolute Gasteiger partial charge is 0.321 e. The maximum absolute atomic E-state index is 11.1. The van der Waals surface area contributed by atoms with Gasteiger partial charge in [-0.25, -0.2) is 0 Å². The molecule has 0 aliphatic rings. The molecule has 0 amide bonds. The molecule has 1 aromatic carbocycles. The third-order valence-corrected chi connectivity index (χ3v) is 2.87. The molecular formula is C13H19NO2. The molecule has 0 aliphatic carbocycles. The summed E-state index contributed by atoms with van der Waals surface area (Å²) in [6, 6.07) is 7.58. The summed E-state index contributed by atoms with van der Waals surface area (Å²) in [5.74, 6) is -0.759. The predicted molar refractivity (Wildman–Crippen MR) is 64.6 cm³/mol. The molecule has 0 aromatic heterocycles. The minimum atomic E-state index is -0.759. The molecule has 1 unspecified atom stereocenters. The number of likely N-dealkylation sites (N-methyl/N-ethyl adjacent to an activating group) is 1. The second kappa shape index (κ2) is 5.66. The van der Waals surface area contributed by atoms with E-state index in [0.717, 1.165) is 12.1 Å². The number of aliphatic carboxylic acids is 1. The number of carboxylic acids is 1. The molecule has 0 aliphatic heterocycles. The zero-order valence-corrected chi connectivity index (χ0v) is 10.1. The number of hydrogen-bond donors (Lipinski definition) is 1. The van der Waals surface area contributed by atoms with E-state index in [0.29, 0.717) is 6.42 Å². The Morgan fingerprint density at radius 1 is 1.38 bits per heavy atom. The summed E-state index contributed by atoms with van der Waals surface area (Å²) in [6.45, 7) is 4.73. The summed E-state index contributed by atoms with van der Waals surface area (Å²) < 4.78 is 0. The topological polar surface area (TPSA) is 40.5 Å². The van der Waals surface area contributed by atoms with Crippen molar-refractivity contribution in [2.75, 3.05) is 13.6 Å².